The third-order valence-electron chi connectivity index (χ3n) is 4.37. The van der Waals surface area contributed by atoms with Crippen molar-refractivity contribution in [1.82, 2.24) is 10.2 Å². The number of amides is 2. The molecule has 2 aliphatic rings. The molecule has 0 bridgehead atoms. The zero-order valence-electron chi connectivity index (χ0n) is 12.5. The van der Waals surface area contributed by atoms with Crippen molar-refractivity contribution in [3.63, 3.8) is 0 Å². The monoisotopic (exact) mass is 322 g/mol. The van der Waals surface area contributed by atoms with Gasteiger partial charge in [-0.05, 0) is 37.5 Å². The molecule has 2 saturated heterocycles. The fourth-order valence-corrected chi connectivity index (χ4v) is 4.55. The summed E-state index contributed by atoms with van der Waals surface area (Å²) in [5.74, 6) is 0.382. The summed E-state index contributed by atoms with van der Waals surface area (Å²) in [6, 6.07) is 5.90. The third-order valence-corrected chi connectivity index (χ3v) is 5.88. The van der Waals surface area contributed by atoms with E-state index in [1.54, 1.807) is 28.8 Å². The van der Waals surface area contributed by atoms with Gasteiger partial charge in [-0.25, -0.2) is 4.39 Å². The van der Waals surface area contributed by atoms with Crippen LogP contribution in [0.4, 0.5) is 4.39 Å². The molecule has 1 N–H and O–H groups in total. The molecule has 118 valence electrons. The Morgan fingerprint density at radius 1 is 1.45 bits per heavy atom. The van der Waals surface area contributed by atoms with Crippen molar-refractivity contribution >= 4 is 23.6 Å². The highest BCUT2D eigenvalue weighted by Gasteiger charge is 2.52. The van der Waals surface area contributed by atoms with E-state index in [0.29, 0.717) is 25.1 Å². The normalized spacial score (nSPS) is 27.1. The molecule has 6 heteroatoms. The summed E-state index contributed by atoms with van der Waals surface area (Å²) in [4.78, 5) is 25.9. The van der Waals surface area contributed by atoms with Gasteiger partial charge in [-0.3, -0.25) is 9.59 Å². The number of hydrogen-bond donors (Lipinski definition) is 1. The molecule has 22 heavy (non-hydrogen) atoms. The maximum atomic E-state index is 12.8. The van der Waals surface area contributed by atoms with Crippen LogP contribution in [0.3, 0.4) is 0 Å². The largest absolute Gasteiger partial charge is 0.354 e. The van der Waals surface area contributed by atoms with Gasteiger partial charge in [0.15, 0.2) is 0 Å². The van der Waals surface area contributed by atoms with Crippen LogP contribution in [-0.2, 0) is 16.0 Å². The minimum Gasteiger partial charge on any atom is -0.354 e. The molecular formula is C16H19FN2O2S. The van der Waals surface area contributed by atoms with Crippen molar-refractivity contribution in [3.05, 3.63) is 35.6 Å². The number of carbonyl (C=O) groups excluding carboxylic acids is 2. The molecule has 0 aliphatic carbocycles. The van der Waals surface area contributed by atoms with Crippen LogP contribution < -0.4 is 5.32 Å². The van der Waals surface area contributed by atoms with Crippen molar-refractivity contribution < 1.29 is 14.0 Å². The Hall–Kier alpha value is -1.56. The van der Waals surface area contributed by atoms with Gasteiger partial charge < -0.3 is 10.2 Å². The lowest BCUT2D eigenvalue weighted by Gasteiger charge is -2.29. The van der Waals surface area contributed by atoms with Crippen LogP contribution in [0.25, 0.3) is 0 Å². The van der Waals surface area contributed by atoms with Crippen molar-refractivity contribution in [2.75, 3.05) is 12.3 Å². The molecule has 0 radical (unpaired) electrons. The smallest absolute Gasteiger partial charge is 0.243 e. The number of nitrogens with one attached hydrogen (secondary N) is 1. The van der Waals surface area contributed by atoms with E-state index in [0.717, 1.165) is 12.0 Å². The predicted molar refractivity (Wildman–Crippen MR) is 83.8 cm³/mol. The van der Waals surface area contributed by atoms with Crippen LogP contribution in [0.1, 0.15) is 25.3 Å². The molecule has 2 amide bonds. The van der Waals surface area contributed by atoms with Crippen LogP contribution >= 0.6 is 11.8 Å². The van der Waals surface area contributed by atoms with Crippen LogP contribution in [0.5, 0.6) is 0 Å². The van der Waals surface area contributed by atoms with Crippen molar-refractivity contribution in [1.29, 1.82) is 0 Å². The van der Waals surface area contributed by atoms with E-state index in [9.17, 15) is 14.0 Å². The number of benzene rings is 1. The van der Waals surface area contributed by atoms with Gasteiger partial charge in [-0.15, -0.1) is 11.8 Å². The Morgan fingerprint density at radius 3 is 2.91 bits per heavy atom. The maximum absolute atomic E-state index is 12.8. The van der Waals surface area contributed by atoms with E-state index in [1.807, 2.05) is 6.92 Å². The molecule has 0 unspecified atom stereocenters. The Labute approximate surface area is 133 Å². The lowest BCUT2D eigenvalue weighted by Crippen LogP contribution is -2.50. The number of rotatable bonds is 4. The molecule has 2 heterocycles. The van der Waals surface area contributed by atoms with E-state index >= 15 is 0 Å². The molecule has 2 atom stereocenters. The number of nitrogens with zero attached hydrogens (tertiary/aromatic N) is 1. The van der Waals surface area contributed by atoms with Gasteiger partial charge in [0.25, 0.3) is 0 Å². The fraction of sp³-hybridized carbons (Fsp3) is 0.500. The molecular weight excluding hydrogens is 303 g/mol. The lowest BCUT2D eigenvalue weighted by atomic mass is 10.1. The molecule has 4 nitrogen and oxygen atoms in total. The molecule has 1 aromatic carbocycles. The predicted octanol–water partition coefficient (Wildman–Crippen LogP) is 1.94. The molecule has 0 spiro atoms. The number of carbonyl (C=O) groups is 2. The standard InChI is InChI=1S/C16H19FN2O2S/c1-16-8-6-14(20)19(16)13(10-22-16)15(21)18-9-7-11-2-4-12(17)5-3-11/h2-5,13H,6-10H2,1H3,(H,18,21)/t13-,16+/m0/s1. The fourth-order valence-electron chi connectivity index (χ4n) is 3.11. The van der Waals surface area contributed by atoms with Crippen LogP contribution in [0.2, 0.25) is 0 Å². The zero-order chi connectivity index (χ0) is 15.7. The SMILES string of the molecule is C[C@@]12CCC(=O)N1[C@H](C(=O)NCCc1ccc(F)cc1)CS2. The van der Waals surface area contributed by atoms with E-state index in [2.05, 4.69) is 5.32 Å². The van der Waals surface area contributed by atoms with E-state index < -0.39 is 0 Å². The second kappa shape index (κ2) is 5.91. The van der Waals surface area contributed by atoms with Crippen LogP contribution in [0.15, 0.2) is 24.3 Å². The summed E-state index contributed by atoms with van der Waals surface area (Å²) in [5.41, 5.74) is 0.976. The molecule has 3 rings (SSSR count). The van der Waals surface area contributed by atoms with Gasteiger partial charge >= 0.3 is 0 Å². The number of thioether (sulfide) groups is 1. The first-order valence-corrected chi connectivity index (χ1v) is 8.46. The summed E-state index contributed by atoms with van der Waals surface area (Å²) >= 11 is 1.69. The van der Waals surface area contributed by atoms with Crippen molar-refractivity contribution in [2.45, 2.75) is 37.1 Å². The molecule has 0 aromatic heterocycles. The minimum atomic E-state index is -0.363. The first-order valence-electron chi connectivity index (χ1n) is 7.48. The van der Waals surface area contributed by atoms with E-state index in [4.69, 9.17) is 0 Å². The van der Waals surface area contributed by atoms with Gasteiger partial charge in [-0.1, -0.05) is 12.1 Å². The summed E-state index contributed by atoms with van der Waals surface area (Å²) in [5, 5.41) is 2.90. The lowest BCUT2D eigenvalue weighted by molar-refractivity contribution is -0.137. The van der Waals surface area contributed by atoms with Gasteiger partial charge in [-0.2, -0.15) is 0 Å². The van der Waals surface area contributed by atoms with Gasteiger partial charge in [0.1, 0.15) is 11.9 Å². The van der Waals surface area contributed by atoms with Gasteiger partial charge in [0.2, 0.25) is 11.8 Å². The van der Waals surface area contributed by atoms with E-state index in [-0.39, 0.29) is 28.5 Å². The number of hydrogen-bond acceptors (Lipinski definition) is 3. The average Bonchev–Trinajstić information content (AvgIpc) is 2.98. The Balaban J connectivity index is 1.54. The number of halogens is 1. The number of fused-ring (bicyclic) bond motifs is 1. The average molecular weight is 322 g/mol. The summed E-state index contributed by atoms with van der Waals surface area (Å²) in [6.07, 6.45) is 2.00. The second-order valence-electron chi connectivity index (χ2n) is 5.93. The topological polar surface area (TPSA) is 49.4 Å². The maximum Gasteiger partial charge on any atom is 0.243 e. The summed E-state index contributed by atoms with van der Waals surface area (Å²) in [6.45, 7) is 2.53. The summed E-state index contributed by atoms with van der Waals surface area (Å²) in [7, 11) is 0. The van der Waals surface area contributed by atoms with Gasteiger partial charge in [0.05, 0.1) is 4.87 Å². The molecule has 1 aromatic rings. The second-order valence-corrected chi connectivity index (χ2v) is 7.43. The van der Waals surface area contributed by atoms with Crippen molar-refractivity contribution in [3.8, 4) is 0 Å². The first-order chi connectivity index (χ1) is 10.5. The van der Waals surface area contributed by atoms with Crippen LogP contribution in [-0.4, -0.2) is 39.9 Å². The third kappa shape index (κ3) is 2.84. The highest BCUT2D eigenvalue weighted by Crippen LogP contribution is 2.47. The van der Waals surface area contributed by atoms with Crippen LogP contribution in [0, 0.1) is 5.82 Å². The minimum absolute atomic E-state index is 0.0752. The van der Waals surface area contributed by atoms with E-state index in [1.165, 1.54) is 12.1 Å². The molecule has 0 saturated carbocycles. The Morgan fingerprint density at radius 2 is 2.18 bits per heavy atom. The summed E-state index contributed by atoms with van der Waals surface area (Å²) < 4.78 is 12.8. The quantitative estimate of drug-likeness (QED) is 0.922. The Bertz CT molecular complexity index is 592. The Kier molecular flexibility index (Phi) is 4.12. The molecule has 2 aliphatic heterocycles. The highest BCUT2D eigenvalue weighted by molar-refractivity contribution is 8.01. The van der Waals surface area contributed by atoms with Gasteiger partial charge in [0, 0.05) is 18.7 Å². The zero-order valence-corrected chi connectivity index (χ0v) is 13.3. The highest BCUT2D eigenvalue weighted by atomic mass is 32.2. The molecule has 2 fully saturated rings. The first kappa shape index (κ1) is 15.3. The van der Waals surface area contributed by atoms with Crippen molar-refractivity contribution in [2.24, 2.45) is 0 Å².